The number of benzene rings is 2. The van der Waals surface area contributed by atoms with Crippen molar-refractivity contribution in [1.29, 1.82) is 0 Å². The van der Waals surface area contributed by atoms with E-state index in [4.69, 9.17) is 17.0 Å². The Bertz CT molecular complexity index is 772. The van der Waals surface area contributed by atoms with Crippen LogP contribution in [-0.2, 0) is 0 Å². The van der Waals surface area contributed by atoms with Gasteiger partial charge in [-0.3, -0.25) is 0 Å². The molecule has 2 aromatic rings. The van der Waals surface area contributed by atoms with Gasteiger partial charge in [0.1, 0.15) is 11.4 Å². The van der Waals surface area contributed by atoms with Crippen molar-refractivity contribution in [2.75, 3.05) is 25.5 Å². The van der Waals surface area contributed by atoms with Crippen molar-refractivity contribution in [1.82, 2.24) is 5.32 Å². The summed E-state index contributed by atoms with van der Waals surface area (Å²) in [7, 11) is 2.26. The van der Waals surface area contributed by atoms with Crippen molar-refractivity contribution < 1.29 is 9.64 Å². The molecule has 1 saturated heterocycles. The van der Waals surface area contributed by atoms with Gasteiger partial charge in [-0.1, -0.05) is 36.4 Å². The number of anilines is 1. The van der Waals surface area contributed by atoms with Gasteiger partial charge >= 0.3 is 0 Å². The molecule has 0 amide bonds. The molecule has 0 bridgehead atoms. The summed E-state index contributed by atoms with van der Waals surface area (Å²) in [5, 5.41) is 7.49. The van der Waals surface area contributed by atoms with Crippen molar-refractivity contribution in [2.45, 2.75) is 30.9 Å². The van der Waals surface area contributed by atoms with Gasteiger partial charge < -0.3 is 20.3 Å². The van der Waals surface area contributed by atoms with Gasteiger partial charge in [-0.05, 0) is 30.4 Å². The van der Waals surface area contributed by atoms with Crippen molar-refractivity contribution in [3.05, 3.63) is 60.2 Å². The molecule has 2 heterocycles. The number of hydrogen-bond acceptors (Lipinski definition) is 2. The Morgan fingerprint density at radius 2 is 1.77 bits per heavy atom. The second kappa shape index (κ2) is 7.25. The van der Waals surface area contributed by atoms with Crippen LogP contribution in [0.5, 0.6) is 5.75 Å². The van der Waals surface area contributed by atoms with Crippen LogP contribution in [0.2, 0.25) is 0 Å². The molecule has 1 spiro atoms. The van der Waals surface area contributed by atoms with Gasteiger partial charge in [-0.2, -0.15) is 0 Å². The lowest BCUT2D eigenvalue weighted by atomic mass is 9.80. The average molecular weight is 369 g/mol. The fourth-order valence-corrected chi connectivity index (χ4v) is 4.29. The number of quaternary nitrogens is 1. The molecule has 2 aliphatic heterocycles. The quantitative estimate of drug-likeness (QED) is 0.713. The number of fused-ring (bicyclic) bond motifs is 1. The third kappa shape index (κ3) is 3.69. The average Bonchev–Trinajstić information content (AvgIpc) is 2.65. The van der Waals surface area contributed by atoms with Crippen LogP contribution in [0.25, 0.3) is 0 Å². The van der Waals surface area contributed by atoms with E-state index < -0.39 is 0 Å². The van der Waals surface area contributed by atoms with E-state index in [0.29, 0.717) is 5.11 Å². The molecular weight excluding hydrogens is 342 g/mol. The second-order valence-electron chi connectivity index (χ2n) is 7.50. The first kappa shape index (κ1) is 17.3. The standard InChI is InChI=1S/C21H25N3OS/c1-24-13-11-21(12-14-24)15-18(17-9-5-6-10-19(17)25-21)23-20(26)22-16-7-3-2-4-8-16/h2-10,18H,11-15H2,1H3,(H2,22,23,26)/p+1/t18-/m0/s1. The highest BCUT2D eigenvalue weighted by Gasteiger charge is 2.44. The van der Waals surface area contributed by atoms with Gasteiger partial charge in [0, 0.05) is 30.5 Å². The molecule has 0 aromatic heterocycles. The summed E-state index contributed by atoms with van der Waals surface area (Å²) in [4.78, 5) is 1.59. The Morgan fingerprint density at radius 1 is 1.08 bits per heavy atom. The summed E-state index contributed by atoms with van der Waals surface area (Å²) in [5.41, 5.74) is 2.12. The van der Waals surface area contributed by atoms with E-state index in [1.165, 1.54) is 5.56 Å². The van der Waals surface area contributed by atoms with E-state index in [2.05, 4.69) is 41.9 Å². The zero-order chi connectivity index (χ0) is 18.0. The molecule has 26 heavy (non-hydrogen) atoms. The third-order valence-electron chi connectivity index (χ3n) is 5.55. The first-order valence-electron chi connectivity index (χ1n) is 9.35. The van der Waals surface area contributed by atoms with Crippen molar-refractivity contribution >= 4 is 23.0 Å². The summed E-state index contributed by atoms with van der Waals surface area (Å²) in [5.74, 6) is 0.998. The molecule has 0 radical (unpaired) electrons. The molecule has 0 unspecified atom stereocenters. The SMILES string of the molecule is C[NH+]1CCC2(CC1)C[C@H](NC(=S)Nc1ccccc1)c1ccccc1O2. The number of piperidine rings is 1. The van der Waals surface area contributed by atoms with Crippen molar-refractivity contribution in [3.63, 3.8) is 0 Å². The Balaban J connectivity index is 1.53. The minimum absolute atomic E-state index is 0.0755. The monoisotopic (exact) mass is 368 g/mol. The molecular formula is C21H26N3OS+. The van der Waals surface area contributed by atoms with Crippen LogP contribution in [-0.4, -0.2) is 30.9 Å². The summed E-state index contributed by atoms with van der Waals surface area (Å²) >= 11 is 5.59. The van der Waals surface area contributed by atoms with Crippen molar-refractivity contribution in [3.8, 4) is 5.75 Å². The topological polar surface area (TPSA) is 37.7 Å². The molecule has 0 saturated carbocycles. The van der Waals surface area contributed by atoms with Gasteiger partial charge in [0.2, 0.25) is 0 Å². The molecule has 1 fully saturated rings. The Kier molecular flexibility index (Phi) is 4.83. The van der Waals surface area contributed by atoms with Crippen LogP contribution in [0.1, 0.15) is 30.9 Å². The predicted octanol–water partition coefficient (Wildman–Crippen LogP) is 2.54. The molecule has 5 heteroatoms. The zero-order valence-electron chi connectivity index (χ0n) is 15.1. The first-order valence-corrected chi connectivity index (χ1v) is 9.76. The molecule has 0 aliphatic carbocycles. The predicted molar refractivity (Wildman–Crippen MR) is 109 cm³/mol. The van der Waals surface area contributed by atoms with Crippen LogP contribution in [0.4, 0.5) is 5.69 Å². The molecule has 3 N–H and O–H groups in total. The lowest BCUT2D eigenvalue weighted by Gasteiger charge is -2.45. The number of hydrogen-bond donors (Lipinski definition) is 3. The summed E-state index contributed by atoms with van der Waals surface area (Å²) in [6, 6.07) is 18.6. The van der Waals surface area contributed by atoms with Crippen LogP contribution < -0.4 is 20.3 Å². The van der Waals surface area contributed by atoms with E-state index >= 15 is 0 Å². The Labute approximate surface area is 160 Å². The maximum absolute atomic E-state index is 6.52. The minimum Gasteiger partial charge on any atom is -0.486 e. The summed E-state index contributed by atoms with van der Waals surface area (Å²) < 4.78 is 6.52. The number of likely N-dealkylation sites (tertiary alicyclic amines) is 1. The summed E-state index contributed by atoms with van der Waals surface area (Å²) in [6.07, 6.45) is 3.13. The van der Waals surface area contributed by atoms with Crippen LogP contribution in [0.15, 0.2) is 54.6 Å². The zero-order valence-corrected chi connectivity index (χ0v) is 15.9. The van der Waals surface area contributed by atoms with E-state index in [0.717, 1.165) is 43.8 Å². The highest BCUT2D eigenvalue weighted by molar-refractivity contribution is 7.80. The van der Waals surface area contributed by atoms with E-state index in [1.54, 1.807) is 4.90 Å². The molecule has 2 aliphatic rings. The largest absolute Gasteiger partial charge is 0.486 e. The van der Waals surface area contributed by atoms with Crippen LogP contribution >= 0.6 is 12.2 Å². The Hall–Kier alpha value is -2.11. The fraction of sp³-hybridized carbons (Fsp3) is 0.381. The van der Waals surface area contributed by atoms with Gasteiger partial charge in [0.15, 0.2) is 5.11 Å². The molecule has 2 aromatic carbocycles. The smallest absolute Gasteiger partial charge is 0.171 e. The first-order chi connectivity index (χ1) is 12.6. The normalized spacial score (nSPS) is 27.3. The number of thiocarbonyl (C=S) groups is 1. The van der Waals surface area contributed by atoms with Gasteiger partial charge in [-0.15, -0.1) is 0 Å². The van der Waals surface area contributed by atoms with Gasteiger partial charge in [0.05, 0.1) is 26.2 Å². The number of ether oxygens (including phenoxy) is 1. The highest BCUT2D eigenvalue weighted by Crippen LogP contribution is 2.42. The summed E-state index contributed by atoms with van der Waals surface area (Å²) in [6.45, 7) is 2.31. The molecule has 1 atom stereocenters. The number of nitrogens with one attached hydrogen (secondary N) is 3. The van der Waals surface area contributed by atoms with Crippen molar-refractivity contribution in [2.24, 2.45) is 0 Å². The highest BCUT2D eigenvalue weighted by atomic mass is 32.1. The Morgan fingerprint density at radius 3 is 2.54 bits per heavy atom. The second-order valence-corrected chi connectivity index (χ2v) is 7.91. The van der Waals surface area contributed by atoms with E-state index in [1.807, 2.05) is 30.3 Å². The fourth-order valence-electron chi connectivity index (χ4n) is 4.03. The lowest BCUT2D eigenvalue weighted by Crippen LogP contribution is -3.10. The van der Waals surface area contributed by atoms with E-state index in [-0.39, 0.29) is 11.6 Å². The minimum atomic E-state index is -0.0755. The van der Waals surface area contributed by atoms with E-state index in [9.17, 15) is 0 Å². The maximum atomic E-state index is 6.52. The number of rotatable bonds is 2. The third-order valence-corrected chi connectivity index (χ3v) is 5.77. The molecule has 136 valence electrons. The molecule has 4 rings (SSSR count). The number of para-hydroxylation sites is 2. The van der Waals surface area contributed by atoms with Gasteiger partial charge in [-0.25, -0.2) is 0 Å². The van der Waals surface area contributed by atoms with Gasteiger partial charge in [0.25, 0.3) is 0 Å². The molecule has 4 nitrogen and oxygen atoms in total. The van der Waals surface area contributed by atoms with Crippen LogP contribution in [0, 0.1) is 0 Å². The van der Waals surface area contributed by atoms with Crippen LogP contribution in [0.3, 0.4) is 0 Å². The lowest BCUT2D eigenvalue weighted by molar-refractivity contribution is -0.887. The maximum Gasteiger partial charge on any atom is 0.171 e.